The first-order valence-electron chi connectivity index (χ1n) is 8.62. The van der Waals surface area contributed by atoms with Gasteiger partial charge >= 0.3 is 5.88 Å². The second kappa shape index (κ2) is 7.40. The maximum absolute atomic E-state index is 12.3. The Hall–Kier alpha value is -2.66. The van der Waals surface area contributed by atoms with Crippen LogP contribution in [0.2, 0.25) is 0 Å². The van der Waals surface area contributed by atoms with Crippen LogP contribution in [0.25, 0.3) is 0 Å². The normalized spacial score (nSPS) is 18.3. The van der Waals surface area contributed by atoms with Gasteiger partial charge in [-0.15, -0.1) is 5.01 Å². The Morgan fingerprint density at radius 1 is 1.32 bits per heavy atom. The molecule has 1 saturated heterocycles. The van der Waals surface area contributed by atoms with Crippen molar-refractivity contribution in [2.45, 2.75) is 19.4 Å². The van der Waals surface area contributed by atoms with Gasteiger partial charge in [0.2, 0.25) is 15.3 Å². The highest BCUT2D eigenvalue weighted by Crippen LogP contribution is 2.20. The predicted octanol–water partition coefficient (Wildman–Crippen LogP) is -0.599. The van der Waals surface area contributed by atoms with Crippen LogP contribution in [0.3, 0.4) is 0 Å². The standard InChI is InChI=1S/C17H23N5O5S/c1-17(2)12-20(28(4,24)25)9-10-21(17)22-11-15(27-19-22)18-16(23)13-5-7-14(26-3)8-6-13/h5-8,11H,9-10,12H2,1-4H3. The number of hydrogen-bond donors (Lipinski definition) is 0. The van der Waals surface area contributed by atoms with E-state index < -0.39 is 21.5 Å². The van der Waals surface area contributed by atoms with E-state index >= 15 is 0 Å². The van der Waals surface area contributed by atoms with Crippen LogP contribution in [-0.2, 0) is 10.0 Å². The highest BCUT2D eigenvalue weighted by Gasteiger charge is 2.43. The predicted molar refractivity (Wildman–Crippen MR) is 99.5 cm³/mol. The van der Waals surface area contributed by atoms with Crippen LogP contribution in [0.4, 0.5) is 5.88 Å². The summed E-state index contributed by atoms with van der Waals surface area (Å²) in [6.45, 7) is 4.88. The Morgan fingerprint density at radius 3 is 2.57 bits per heavy atom. The van der Waals surface area contributed by atoms with E-state index in [0.717, 1.165) is 0 Å². The van der Waals surface area contributed by atoms with Crippen molar-refractivity contribution >= 4 is 21.8 Å². The van der Waals surface area contributed by atoms with E-state index in [9.17, 15) is 13.5 Å². The first-order chi connectivity index (χ1) is 13.1. The number of ether oxygens (including phenoxy) is 1. The summed E-state index contributed by atoms with van der Waals surface area (Å²) >= 11 is 0. The molecule has 1 fully saturated rings. The zero-order valence-electron chi connectivity index (χ0n) is 16.2. The monoisotopic (exact) mass is 409 g/mol. The van der Waals surface area contributed by atoms with Gasteiger partial charge in [0.15, 0.2) is 0 Å². The topological polar surface area (TPSA) is 115 Å². The highest BCUT2D eigenvalue weighted by molar-refractivity contribution is 7.88. The molecule has 0 amide bonds. The number of benzene rings is 1. The van der Waals surface area contributed by atoms with Gasteiger partial charge in [-0.1, -0.05) is 12.1 Å². The smallest absolute Gasteiger partial charge is 0.324 e. The molecule has 0 unspecified atom stereocenters. The average molecular weight is 409 g/mol. The second-order valence-corrected chi connectivity index (χ2v) is 9.12. The summed E-state index contributed by atoms with van der Waals surface area (Å²) in [5.74, 6) is 0.235. The molecule has 0 atom stereocenters. The number of aliphatic imine (C=N–C) groups is 1. The molecule has 1 aliphatic heterocycles. The lowest BCUT2D eigenvalue weighted by Crippen LogP contribution is -2.74. The Morgan fingerprint density at radius 2 is 2.00 bits per heavy atom. The summed E-state index contributed by atoms with van der Waals surface area (Å²) in [5, 5.41) is 18.1. The molecule has 1 aromatic heterocycles. The maximum Gasteiger partial charge on any atom is 0.324 e. The van der Waals surface area contributed by atoms with Crippen LogP contribution < -0.4 is 19.6 Å². The van der Waals surface area contributed by atoms with Gasteiger partial charge in [-0.3, -0.25) is 4.52 Å². The van der Waals surface area contributed by atoms with Crippen LogP contribution in [0, 0.1) is 0 Å². The number of piperazine rings is 1. The van der Waals surface area contributed by atoms with Crippen molar-refractivity contribution in [1.82, 2.24) is 9.58 Å². The van der Waals surface area contributed by atoms with Crippen molar-refractivity contribution in [3.63, 3.8) is 0 Å². The number of aromatic nitrogens is 2. The van der Waals surface area contributed by atoms with Crippen molar-refractivity contribution in [2.75, 3.05) is 38.0 Å². The van der Waals surface area contributed by atoms with E-state index in [1.807, 2.05) is 18.9 Å². The fourth-order valence-corrected chi connectivity index (χ4v) is 4.02. The molecule has 0 N–H and O–H groups in total. The molecule has 11 heteroatoms. The van der Waals surface area contributed by atoms with Gasteiger partial charge in [-0.2, -0.15) is 4.31 Å². The Balaban J connectivity index is 1.78. The van der Waals surface area contributed by atoms with Crippen LogP contribution in [0.15, 0.2) is 40.0 Å². The van der Waals surface area contributed by atoms with E-state index in [-0.39, 0.29) is 5.88 Å². The van der Waals surface area contributed by atoms with Gasteiger partial charge in [0.1, 0.15) is 11.3 Å². The molecule has 1 aromatic carbocycles. The van der Waals surface area contributed by atoms with E-state index in [1.54, 1.807) is 31.4 Å². The van der Waals surface area contributed by atoms with E-state index in [0.29, 0.717) is 30.9 Å². The molecular weight excluding hydrogens is 386 g/mol. The molecule has 28 heavy (non-hydrogen) atoms. The summed E-state index contributed by atoms with van der Waals surface area (Å²) in [4.78, 5) is 5.40. The largest absolute Gasteiger partial charge is 0.858 e. The molecule has 1 aliphatic rings. The summed E-state index contributed by atoms with van der Waals surface area (Å²) in [6.07, 6.45) is 2.70. The molecule has 0 bridgehead atoms. The zero-order chi connectivity index (χ0) is 20.5. The molecule has 2 aromatic rings. The van der Waals surface area contributed by atoms with Gasteiger partial charge in [-0.05, 0) is 37.4 Å². The Labute approximate surface area is 163 Å². The van der Waals surface area contributed by atoms with Gasteiger partial charge in [-0.25, -0.2) is 13.4 Å². The van der Waals surface area contributed by atoms with E-state index in [2.05, 4.69) is 10.3 Å². The van der Waals surface area contributed by atoms with Crippen LogP contribution in [0.5, 0.6) is 5.75 Å². The minimum atomic E-state index is -3.27. The van der Waals surface area contributed by atoms with Crippen molar-refractivity contribution in [1.29, 1.82) is 0 Å². The third-order valence-corrected chi connectivity index (χ3v) is 5.78. The fourth-order valence-electron chi connectivity index (χ4n) is 3.05. The van der Waals surface area contributed by atoms with Crippen LogP contribution in [-0.4, -0.2) is 62.4 Å². The Bertz CT molecular complexity index is 968. The number of methoxy groups -OCH3 is 1. The summed E-state index contributed by atoms with van der Waals surface area (Å²) in [7, 11) is -1.72. The number of sulfonamides is 1. The first kappa shape index (κ1) is 20.1. The number of nitrogens with zero attached hydrogens (tertiary/aromatic N) is 5. The molecule has 0 aliphatic carbocycles. The molecular formula is C17H23N5O5S. The van der Waals surface area contributed by atoms with Gasteiger partial charge < -0.3 is 9.84 Å². The number of hydrogen-bond acceptors (Lipinski definition) is 8. The minimum Gasteiger partial charge on any atom is -0.858 e. The number of rotatable bonds is 5. The lowest BCUT2D eigenvalue weighted by molar-refractivity contribution is -0.766. The van der Waals surface area contributed by atoms with Crippen molar-refractivity contribution in [3.8, 4) is 5.75 Å². The minimum absolute atomic E-state index is 0.0576. The summed E-state index contributed by atoms with van der Waals surface area (Å²) < 4.78 is 35.3. The molecule has 152 valence electrons. The Kier molecular flexibility index (Phi) is 5.31. The van der Waals surface area contributed by atoms with Crippen LogP contribution in [0.1, 0.15) is 19.4 Å². The molecule has 0 saturated carbocycles. The lowest BCUT2D eigenvalue weighted by Gasteiger charge is -2.40. The maximum atomic E-state index is 12.3. The third-order valence-electron chi connectivity index (χ3n) is 4.53. The quantitative estimate of drug-likeness (QED) is 0.368. The third kappa shape index (κ3) is 4.25. The van der Waals surface area contributed by atoms with E-state index in [4.69, 9.17) is 9.26 Å². The van der Waals surface area contributed by atoms with Gasteiger partial charge in [0, 0.05) is 13.1 Å². The summed E-state index contributed by atoms with van der Waals surface area (Å²) in [6, 6.07) is 6.57. The second-order valence-electron chi connectivity index (χ2n) is 7.14. The van der Waals surface area contributed by atoms with Crippen molar-refractivity contribution < 1.29 is 27.6 Å². The van der Waals surface area contributed by atoms with Crippen molar-refractivity contribution in [3.05, 3.63) is 36.0 Å². The fraction of sp³-hybridized carbons (Fsp3) is 0.471. The zero-order valence-corrected chi connectivity index (χ0v) is 17.0. The molecule has 10 nitrogen and oxygen atoms in total. The average Bonchev–Trinajstić information content (AvgIpc) is 3.08. The van der Waals surface area contributed by atoms with E-state index in [1.165, 1.54) is 21.5 Å². The lowest BCUT2D eigenvalue weighted by atomic mass is 10.0. The van der Waals surface area contributed by atoms with Crippen molar-refractivity contribution in [2.24, 2.45) is 4.99 Å². The van der Waals surface area contributed by atoms with Gasteiger partial charge in [0.25, 0.3) is 6.20 Å². The summed E-state index contributed by atoms with van der Waals surface area (Å²) in [5.41, 5.74) is -0.133. The molecule has 0 spiro atoms. The molecule has 2 heterocycles. The highest BCUT2D eigenvalue weighted by atomic mass is 32.2. The van der Waals surface area contributed by atoms with Gasteiger partial charge in [0.05, 0.1) is 24.7 Å². The molecule has 0 radical (unpaired) electrons. The SMILES string of the molecule is COc1ccc(C([O-])=Nc2c[n+](N3CCN(S(C)(=O)=O)CC3(C)C)no2)cc1. The first-order valence-corrected chi connectivity index (χ1v) is 10.5. The molecule has 3 rings (SSSR count). The van der Waals surface area contributed by atoms with Crippen LogP contribution >= 0.6 is 0 Å².